The second kappa shape index (κ2) is 6.55. The van der Waals surface area contributed by atoms with Gasteiger partial charge >= 0.3 is 6.18 Å². The molecule has 2 N–H and O–H groups in total. The molecule has 19 heavy (non-hydrogen) atoms. The van der Waals surface area contributed by atoms with Gasteiger partial charge in [-0.15, -0.1) is 0 Å². The van der Waals surface area contributed by atoms with E-state index in [1.807, 2.05) is 6.92 Å². The summed E-state index contributed by atoms with van der Waals surface area (Å²) in [6, 6.07) is 1.43. The molecule has 0 aromatic carbocycles. The molecule has 0 atom stereocenters. The minimum Gasteiger partial charge on any atom is -0.395 e. The first-order valence-corrected chi connectivity index (χ1v) is 5.90. The second-order valence-electron chi connectivity index (χ2n) is 4.00. The molecule has 0 aliphatic heterocycles. The standard InChI is InChI=1S/C11H17F3N4O/c1-3-4-15-8-7-9(18(2)5-6-19)17-10(16-8)11(12,13)14/h7,19H,3-6H2,1-2H3,(H,15,16,17). The van der Waals surface area contributed by atoms with E-state index in [1.54, 1.807) is 7.05 Å². The zero-order chi connectivity index (χ0) is 14.5. The number of hydrogen-bond acceptors (Lipinski definition) is 5. The second-order valence-corrected chi connectivity index (χ2v) is 4.00. The Morgan fingerprint density at radius 2 is 2.05 bits per heavy atom. The van der Waals surface area contributed by atoms with Gasteiger partial charge in [-0.2, -0.15) is 13.2 Å². The fourth-order valence-electron chi connectivity index (χ4n) is 1.36. The van der Waals surface area contributed by atoms with Crippen LogP contribution in [0.4, 0.5) is 24.8 Å². The molecule has 0 aliphatic rings. The van der Waals surface area contributed by atoms with Crippen molar-refractivity contribution in [1.82, 2.24) is 9.97 Å². The summed E-state index contributed by atoms with van der Waals surface area (Å²) in [4.78, 5) is 8.36. The van der Waals surface area contributed by atoms with Gasteiger partial charge in [-0.25, -0.2) is 9.97 Å². The van der Waals surface area contributed by atoms with E-state index >= 15 is 0 Å². The van der Waals surface area contributed by atoms with E-state index in [1.165, 1.54) is 11.0 Å². The summed E-state index contributed by atoms with van der Waals surface area (Å²) in [7, 11) is 1.56. The Balaban J connectivity index is 3.08. The van der Waals surface area contributed by atoms with Crippen LogP contribution in [0.25, 0.3) is 0 Å². The maximum absolute atomic E-state index is 12.7. The predicted octanol–water partition coefficient (Wildman–Crippen LogP) is 1.75. The molecule has 0 bridgehead atoms. The van der Waals surface area contributed by atoms with E-state index < -0.39 is 12.0 Å². The molecule has 0 saturated carbocycles. The third-order valence-electron chi connectivity index (χ3n) is 2.35. The van der Waals surface area contributed by atoms with Crippen molar-refractivity contribution < 1.29 is 18.3 Å². The molecule has 1 aromatic heterocycles. The predicted molar refractivity (Wildman–Crippen MR) is 66.2 cm³/mol. The Kier molecular flexibility index (Phi) is 5.34. The number of anilines is 2. The molecule has 1 heterocycles. The molecule has 1 aromatic rings. The van der Waals surface area contributed by atoms with Gasteiger partial charge in [0, 0.05) is 26.2 Å². The van der Waals surface area contributed by atoms with E-state index in [0.29, 0.717) is 6.54 Å². The average Bonchev–Trinajstić information content (AvgIpc) is 2.35. The van der Waals surface area contributed by atoms with Crippen molar-refractivity contribution in [3.63, 3.8) is 0 Å². The zero-order valence-corrected chi connectivity index (χ0v) is 10.8. The minimum absolute atomic E-state index is 0.120. The summed E-state index contributed by atoms with van der Waals surface area (Å²) in [5, 5.41) is 11.6. The smallest absolute Gasteiger partial charge is 0.395 e. The molecule has 0 radical (unpaired) electrons. The van der Waals surface area contributed by atoms with E-state index in [2.05, 4.69) is 15.3 Å². The van der Waals surface area contributed by atoms with Crippen LogP contribution >= 0.6 is 0 Å². The monoisotopic (exact) mass is 278 g/mol. The summed E-state index contributed by atoms with van der Waals surface area (Å²) in [5.41, 5.74) is 0. The number of hydrogen-bond donors (Lipinski definition) is 2. The van der Waals surface area contributed by atoms with Gasteiger partial charge in [-0.3, -0.25) is 0 Å². The van der Waals surface area contributed by atoms with E-state index in [0.717, 1.165) is 6.42 Å². The van der Waals surface area contributed by atoms with Crippen molar-refractivity contribution >= 4 is 11.6 Å². The topological polar surface area (TPSA) is 61.3 Å². The molecule has 1 rings (SSSR count). The van der Waals surface area contributed by atoms with Gasteiger partial charge < -0.3 is 15.3 Å². The molecule has 0 saturated heterocycles. The number of aliphatic hydroxyl groups is 1. The number of alkyl halides is 3. The number of nitrogens with zero attached hydrogens (tertiary/aromatic N) is 3. The summed E-state index contributed by atoms with van der Waals surface area (Å²) >= 11 is 0. The van der Waals surface area contributed by atoms with Crippen molar-refractivity contribution in [2.75, 3.05) is 37.0 Å². The third kappa shape index (κ3) is 4.55. The summed E-state index contributed by atoms with van der Waals surface area (Å²) in [5.74, 6) is -0.938. The van der Waals surface area contributed by atoms with Crippen molar-refractivity contribution in [3.8, 4) is 0 Å². The molecule has 0 spiro atoms. The zero-order valence-electron chi connectivity index (χ0n) is 10.8. The lowest BCUT2D eigenvalue weighted by molar-refractivity contribution is -0.144. The Morgan fingerprint density at radius 1 is 1.37 bits per heavy atom. The first kappa shape index (κ1) is 15.5. The van der Waals surface area contributed by atoms with Crippen LogP contribution < -0.4 is 10.2 Å². The number of nitrogens with one attached hydrogen (secondary N) is 1. The first-order chi connectivity index (χ1) is 8.88. The van der Waals surface area contributed by atoms with Gasteiger partial charge in [-0.1, -0.05) is 6.92 Å². The number of rotatable bonds is 6. The van der Waals surface area contributed by atoms with Gasteiger partial charge in [0.05, 0.1) is 6.61 Å². The highest BCUT2D eigenvalue weighted by Crippen LogP contribution is 2.28. The SMILES string of the molecule is CCCNc1cc(N(C)CCO)nc(C(F)(F)F)n1. The van der Waals surface area contributed by atoms with E-state index in [-0.39, 0.29) is 24.8 Å². The van der Waals surface area contributed by atoms with E-state index in [4.69, 9.17) is 5.11 Å². The molecule has 0 amide bonds. The fourth-order valence-corrected chi connectivity index (χ4v) is 1.36. The van der Waals surface area contributed by atoms with Crippen LogP contribution in [0.3, 0.4) is 0 Å². The highest BCUT2D eigenvalue weighted by atomic mass is 19.4. The highest BCUT2D eigenvalue weighted by Gasteiger charge is 2.35. The fraction of sp³-hybridized carbons (Fsp3) is 0.636. The molecule has 8 heteroatoms. The normalized spacial score (nSPS) is 11.5. The van der Waals surface area contributed by atoms with Crippen LogP contribution in [0.2, 0.25) is 0 Å². The summed E-state index contributed by atoms with van der Waals surface area (Å²) in [6.07, 6.45) is -3.83. The maximum Gasteiger partial charge on any atom is 0.451 e. The molecular formula is C11H17F3N4O. The third-order valence-corrected chi connectivity index (χ3v) is 2.35. The Bertz CT molecular complexity index is 411. The molecule has 0 fully saturated rings. The molecular weight excluding hydrogens is 261 g/mol. The largest absolute Gasteiger partial charge is 0.451 e. The van der Waals surface area contributed by atoms with Gasteiger partial charge in [0.25, 0.3) is 0 Å². The van der Waals surface area contributed by atoms with Crippen molar-refractivity contribution in [3.05, 3.63) is 11.9 Å². The van der Waals surface area contributed by atoms with Crippen LogP contribution in [-0.4, -0.2) is 41.8 Å². The first-order valence-electron chi connectivity index (χ1n) is 5.90. The van der Waals surface area contributed by atoms with Crippen LogP contribution in [0.15, 0.2) is 6.07 Å². The van der Waals surface area contributed by atoms with Crippen LogP contribution in [0, 0.1) is 0 Å². The summed E-state index contributed by atoms with van der Waals surface area (Å²) < 4.78 is 38.1. The van der Waals surface area contributed by atoms with Crippen LogP contribution in [0.5, 0.6) is 0 Å². The van der Waals surface area contributed by atoms with Crippen LogP contribution in [-0.2, 0) is 6.18 Å². The van der Waals surface area contributed by atoms with E-state index in [9.17, 15) is 13.2 Å². The number of likely N-dealkylation sites (N-methyl/N-ethyl adjacent to an activating group) is 1. The molecule has 0 aliphatic carbocycles. The van der Waals surface area contributed by atoms with Gasteiger partial charge in [0.15, 0.2) is 0 Å². The number of halogens is 3. The highest BCUT2D eigenvalue weighted by molar-refractivity contribution is 5.49. The van der Waals surface area contributed by atoms with Crippen molar-refractivity contribution in [1.29, 1.82) is 0 Å². The maximum atomic E-state index is 12.7. The van der Waals surface area contributed by atoms with Gasteiger partial charge in [0.2, 0.25) is 5.82 Å². The molecule has 108 valence electrons. The lowest BCUT2D eigenvalue weighted by atomic mass is 10.4. The van der Waals surface area contributed by atoms with Gasteiger partial charge in [0.1, 0.15) is 11.6 Å². The lowest BCUT2D eigenvalue weighted by Crippen LogP contribution is -2.24. The number of aliphatic hydroxyl groups excluding tert-OH is 1. The lowest BCUT2D eigenvalue weighted by Gasteiger charge is -2.19. The number of aromatic nitrogens is 2. The van der Waals surface area contributed by atoms with Gasteiger partial charge in [-0.05, 0) is 6.42 Å². The molecule has 0 unspecified atom stereocenters. The van der Waals surface area contributed by atoms with Crippen molar-refractivity contribution in [2.45, 2.75) is 19.5 Å². The summed E-state index contributed by atoms with van der Waals surface area (Å²) in [6.45, 7) is 2.45. The van der Waals surface area contributed by atoms with Crippen molar-refractivity contribution in [2.24, 2.45) is 0 Å². The Labute approximate surface area is 109 Å². The minimum atomic E-state index is -4.60. The quantitative estimate of drug-likeness (QED) is 0.830. The average molecular weight is 278 g/mol. The Hall–Kier alpha value is -1.57. The van der Waals surface area contributed by atoms with Crippen LogP contribution in [0.1, 0.15) is 19.2 Å². The Morgan fingerprint density at radius 3 is 2.58 bits per heavy atom. The molecule has 5 nitrogen and oxygen atoms in total.